The number of hydrogen-bond acceptors (Lipinski definition) is 4. The number of hydrogen-bond donors (Lipinski definition) is 2. The van der Waals surface area contributed by atoms with E-state index in [1.54, 1.807) is 18.2 Å². The lowest BCUT2D eigenvalue weighted by Crippen LogP contribution is -2.28. The van der Waals surface area contributed by atoms with Gasteiger partial charge in [0.25, 0.3) is 0 Å². The van der Waals surface area contributed by atoms with Gasteiger partial charge in [0.05, 0.1) is 0 Å². The number of nitrogens with zero attached hydrogens (tertiary/aromatic N) is 3. The molecule has 2 heterocycles. The van der Waals surface area contributed by atoms with Crippen molar-refractivity contribution < 1.29 is 10.0 Å². The standard InChI is InChI=1S/C8H7BClN3O2/c10-7-2-1-3-8(12-7)13-5-6(4-11-13)9(14)15/h1-5,14-15H. The van der Waals surface area contributed by atoms with Crippen LogP contribution < -0.4 is 5.46 Å². The molecule has 2 N–H and O–H groups in total. The Morgan fingerprint density at radius 3 is 2.73 bits per heavy atom. The third-order valence-electron chi connectivity index (χ3n) is 1.84. The van der Waals surface area contributed by atoms with Crippen LogP contribution >= 0.6 is 11.6 Å². The Bertz CT molecular complexity index is 474. The molecule has 0 aliphatic rings. The molecule has 0 saturated carbocycles. The van der Waals surface area contributed by atoms with Gasteiger partial charge in [-0.15, -0.1) is 0 Å². The number of pyridine rings is 1. The van der Waals surface area contributed by atoms with Gasteiger partial charge in [0.1, 0.15) is 5.15 Å². The highest BCUT2D eigenvalue weighted by Crippen LogP contribution is 2.07. The van der Waals surface area contributed by atoms with Crippen molar-refractivity contribution in [1.82, 2.24) is 14.8 Å². The summed E-state index contributed by atoms with van der Waals surface area (Å²) in [4.78, 5) is 4.02. The first-order chi connectivity index (χ1) is 7.16. The van der Waals surface area contributed by atoms with E-state index in [1.807, 2.05) is 0 Å². The van der Waals surface area contributed by atoms with E-state index >= 15 is 0 Å². The van der Waals surface area contributed by atoms with Crippen molar-refractivity contribution in [2.75, 3.05) is 0 Å². The molecule has 15 heavy (non-hydrogen) atoms. The van der Waals surface area contributed by atoms with Crippen molar-refractivity contribution in [3.63, 3.8) is 0 Å². The molecule has 0 fully saturated rings. The maximum Gasteiger partial charge on any atom is 0.491 e. The monoisotopic (exact) mass is 223 g/mol. The van der Waals surface area contributed by atoms with E-state index in [0.717, 1.165) is 0 Å². The zero-order chi connectivity index (χ0) is 10.8. The first-order valence-electron chi connectivity index (χ1n) is 4.20. The first kappa shape index (κ1) is 10.2. The Hall–Kier alpha value is -1.37. The Morgan fingerprint density at radius 1 is 1.33 bits per heavy atom. The van der Waals surface area contributed by atoms with Crippen LogP contribution in [0.15, 0.2) is 30.6 Å². The van der Waals surface area contributed by atoms with Gasteiger partial charge in [-0.25, -0.2) is 9.67 Å². The summed E-state index contributed by atoms with van der Waals surface area (Å²) in [5.41, 5.74) is 0.303. The minimum Gasteiger partial charge on any atom is -0.423 e. The van der Waals surface area contributed by atoms with Crippen LogP contribution in [0.25, 0.3) is 5.82 Å². The maximum atomic E-state index is 8.89. The van der Waals surface area contributed by atoms with E-state index in [0.29, 0.717) is 16.4 Å². The van der Waals surface area contributed by atoms with Gasteiger partial charge in [-0.05, 0) is 12.1 Å². The van der Waals surface area contributed by atoms with E-state index in [2.05, 4.69) is 10.1 Å². The van der Waals surface area contributed by atoms with Crippen molar-refractivity contribution in [2.24, 2.45) is 0 Å². The average molecular weight is 223 g/mol. The van der Waals surface area contributed by atoms with E-state index < -0.39 is 7.12 Å². The molecule has 2 aromatic rings. The van der Waals surface area contributed by atoms with E-state index in [1.165, 1.54) is 17.1 Å². The lowest BCUT2D eigenvalue weighted by molar-refractivity contribution is 0.426. The largest absolute Gasteiger partial charge is 0.491 e. The Labute approximate surface area is 91.1 Å². The highest BCUT2D eigenvalue weighted by Gasteiger charge is 2.13. The highest BCUT2D eigenvalue weighted by atomic mass is 35.5. The summed E-state index contributed by atoms with van der Waals surface area (Å²) in [5, 5.41) is 22.1. The molecule has 0 bridgehead atoms. The molecule has 0 aliphatic carbocycles. The van der Waals surface area contributed by atoms with E-state index in [-0.39, 0.29) is 0 Å². The molecule has 2 aromatic heterocycles. The minimum atomic E-state index is -1.53. The molecule has 0 saturated heterocycles. The molecule has 76 valence electrons. The number of rotatable bonds is 2. The highest BCUT2D eigenvalue weighted by molar-refractivity contribution is 6.58. The zero-order valence-electron chi connectivity index (χ0n) is 7.58. The first-order valence-corrected chi connectivity index (χ1v) is 4.58. The fraction of sp³-hybridized carbons (Fsp3) is 0. The van der Waals surface area contributed by atoms with Crippen molar-refractivity contribution >= 4 is 24.2 Å². The molecule has 5 nitrogen and oxygen atoms in total. The summed E-state index contributed by atoms with van der Waals surface area (Å²) < 4.78 is 1.42. The average Bonchev–Trinajstić information content (AvgIpc) is 2.66. The van der Waals surface area contributed by atoms with Crippen molar-refractivity contribution in [3.05, 3.63) is 35.7 Å². The Morgan fingerprint density at radius 2 is 2.13 bits per heavy atom. The van der Waals surface area contributed by atoms with Gasteiger partial charge >= 0.3 is 7.12 Å². The topological polar surface area (TPSA) is 71.2 Å². The van der Waals surface area contributed by atoms with Crippen LogP contribution in [0.1, 0.15) is 0 Å². The quantitative estimate of drug-likeness (QED) is 0.537. The van der Waals surface area contributed by atoms with Gasteiger partial charge in [0.15, 0.2) is 5.82 Å². The van der Waals surface area contributed by atoms with Crippen molar-refractivity contribution in [3.8, 4) is 5.82 Å². The Balaban J connectivity index is 2.37. The van der Waals surface area contributed by atoms with Crippen molar-refractivity contribution in [2.45, 2.75) is 0 Å². The lowest BCUT2D eigenvalue weighted by Gasteiger charge is -1.99. The SMILES string of the molecule is OB(O)c1cnn(-c2cccc(Cl)n2)c1. The van der Waals surface area contributed by atoms with Crippen LogP contribution in [0, 0.1) is 0 Å². The molecule has 0 aliphatic heterocycles. The van der Waals surface area contributed by atoms with E-state index in [4.69, 9.17) is 21.6 Å². The molecule has 0 amide bonds. The smallest absolute Gasteiger partial charge is 0.423 e. The molecule has 2 rings (SSSR count). The second-order valence-electron chi connectivity index (χ2n) is 2.91. The molecular formula is C8H7BClN3O2. The molecule has 7 heteroatoms. The van der Waals surface area contributed by atoms with Crippen molar-refractivity contribution in [1.29, 1.82) is 0 Å². The summed E-state index contributed by atoms with van der Waals surface area (Å²) in [5.74, 6) is 0.523. The van der Waals surface area contributed by atoms with E-state index in [9.17, 15) is 0 Å². The summed E-state index contributed by atoms with van der Waals surface area (Å²) >= 11 is 5.71. The van der Waals surface area contributed by atoms with Crippen LogP contribution in [0.2, 0.25) is 5.15 Å². The molecule has 0 spiro atoms. The predicted octanol–water partition coefficient (Wildman–Crippen LogP) is -0.400. The maximum absolute atomic E-state index is 8.89. The second kappa shape index (κ2) is 4.02. The lowest BCUT2D eigenvalue weighted by atomic mass is 9.83. The van der Waals surface area contributed by atoms with Crippen LogP contribution in [0.3, 0.4) is 0 Å². The zero-order valence-corrected chi connectivity index (χ0v) is 8.33. The third-order valence-corrected chi connectivity index (χ3v) is 2.05. The van der Waals surface area contributed by atoms with Gasteiger partial charge in [-0.2, -0.15) is 5.10 Å². The van der Waals surface area contributed by atoms with Crippen LogP contribution in [0.5, 0.6) is 0 Å². The number of halogens is 1. The predicted molar refractivity (Wildman–Crippen MR) is 56.2 cm³/mol. The summed E-state index contributed by atoms with van der Waals surface area (Å²) in [7, 11) is -1.53. The number of aromatic nitrogens is 3. The van der Waals surface area contributed by atoms with Gasteiger partial charge < -0.3 is 10.0 Å². The minimum absolute atomic E-state index is 0.303. The third kappa shape index (κ3) is 2.17. The fourth-order valence-electron chi connectivity index (χ4n) is 1.12. The summed E-state index contributed by atoms with van der Waals surface area (Å²) in [6.45, 7) is 0. The van der Waals surface area contributed by atoms with Gasteiger partial charge in [-0.1, -0.05) is 17.7 Å². The normalized spacial score (nSPS) is 10.3. The summed E-state index contributed by atoms with van der Waals surface area (Å²) in [6, 6.07) is 5.10. The summed E-state index contributed by atoms with van der Waals surface area (Å²) in [6.07, 6.45) is 2.83. The molecular weight excluding hydrogens is 216 g/mol. The second-order valence-corrected chi connectivity index (χ2v) is 3.30. The molecule has 0 atom stereocenters. The van der Waals surface area contributed by atoms with Crippen LogP contribution in [0.4, 0.5) is 0 Å². The molecule has 0 unspecified atom stereocenters. The Kier molecular flexibility index (Phi) is 2.72. The fourth-order valence-corrected chi connectivity index (χ4v) is 1.28. The molecule has 0 aromatic carbocycles. The van der Waals surface area contributed by atoms with Crippen LogP contribution in [-0.4, -0.2) is 31.9 Å². The van der Waals surface area contributed by atoms with Gasteiger partial charge in [-0.3, -0.25) is 0 Å². The molecule has 0 radical (unpaired) electrons. The van der Waals surface area contributed by atoms with Gasteiger partial charge in [0.2, 0.25) is 0 Å². The van der Waals surface area contributed by atoms with Gasteiger partial charge in [0, 0.05) is 17.9 Å². The van der Waals surface area contributed by atoms with Crippen LogP contribution in [-0.2, 0) is 0 Å².